The van der Waals surface area contributed by atoms with E-state index in [1.807, 2.05) is 13.1 Å². The number of carbonyl (C=O) groups excluding carboxylic acids is 1. The minimum atomic E-state index is -0.156. The quantitative estimate of drug-likeness (QED) is 0.545. The smallest absolute Gasteiger partial charge is 0.258 e. The summed E-state index contributed by atoms with van der Waals surface area (Å²) < 4.78 is 0. The number of benzene rings is 1. The summed E-state index contributed by atoms with van der Waals surface area (Å²) in [5, 5.41) is 0.524. The van der Waals surface area contributed by atoms with Crippen molar-refractivity contribution in [1.82, 2.24) is 9.97 Å². The van der Waals surface area contributed by atoms with Gasteiger partial charge in [-0.05, 0) is 45.4 Å². The molecule has 0 N–H and O–H groups in total. The Kier molecular flexibility index (Phi) is 8.39. The van der Waals surface area contributed by atoms with Crippen LogP contribution in [0.25, 0.3) is 0 Å². The van der Waals surface area contributed by atoms with Gasteiger partial charge in [-0.1, -0.05) is 31.0 Å². The molecule has 0 atom stereocenters. The van der Waals surface area contributed by atoms with Crippen LogP contribution in [0, 0.1) is 0 Å². The summed E-state index contributed by atoms with van der Waals surface area (Å²) in [4.78, 5) is 30.5. The van der Waals surface area contributed by atoms with E-state index in [9.17, 15) is 4.79 Å². The molecule has 150 valence electrons. The zero-order valence-corrected chi connectivity index (χ0v) is 17.8. The lowest BCUT2D eigenvalue weighted by atomic mass is 10.2. The maximum Gasteiger partial charge on any atom is 0.258 e. The maximum absolute atomic E-state index is 13.1. The Morgan fingerprint density at radius 3 is 2.54 bits per heavy atom. The monoisotopic (exact) mass is 401 g/mol. The van der Waals surface area contributed by atoms with Crippen molar-refractivity contribution >= 4 is 41.2 Å². The lowest BCUT2D eigenvalue weighted by molar-refractivity contribution is 0.0988. The van der Waals surface area contributed by atoms with Crippen molar-refractivity contribution in [3.05, 3.63) is 41.0 Å². The molecule has 28 heavy (non-hydrogen) atoms. The number of anilines is 2. The van der Waals surface area contributed by atoms with Crippen molar-refractivity contribution in [2.75, 3.05) is 29.4 Å². The molecule has 0 bridgehead atoms. The van der Waals surface area contributed by atoms with Gasteiger partial charge in [0, 0.05) is 36.4 Å². The number of nitrogens with zero attached hydrogens (tertiary/aromatic N) is 5. The molecule has 1 aromatic heterocycles. The number of carbonyl (C=O) groups is 1. The van der Waals surface area contributed by atoms with Crippen LogP contribution in [0.3, 0.4) is 0 Å². The van der Waals surface area contributed by atoms with Gasteiger partial charge >= 0.3 is 0 Å². The van der Waals surface area contributed by atoms with Gasteiger partial charge < -0.3 is 9.80 Å². The average Bonchev–Trinajstić information content (AvgIpc) is 2.71. The zero-order chi connectivity index (χ0) is 20.5. The Balaban J connectivity index is 2.48. The van der Waals surface area contributed by atoms with Crippen molar-refractivity contribution in [2.45, 2.75) is 40.5 Å². The molecule has 0 spiro atoms. The molecular weight excluding hydrogens is 374 g/mol. The van der Waals surface area contributed by atoms with Gasteiger partial charge in [0.2, 0.25) is 5.95 Å². The molecule has 0 unspecified atom stereocenters. The first-order chi connectivity index (χ1) is 13.5. The van der Waals surface area contributed by atoms with E-state index >= 15 is 0 Å². The zero-order valence-electron chi connectivity index (χ0n) is 17.0. The number of hydrogen-bond acceptors (Lipinski definition) is 5. The highest BCUT2D eigenvalue weighted by Crippen LogP contribution is 2.29. The second-order valence-corrected chi connectivity index (χ2v) is 6.65. The SMILES string of the molecule is CCCC=Nc1nc(N(CC)CC)ncc1N(CC)C(=O)c1cccc(Cl)c1. The van der Waals surface area contributed by atoms with E-state index in [1.54, 1.807) is 35.4 Å². The Morgan fingerprint density at radius 1 is 1.18 bits per heavy atom. The van der Waals surface area contributed by atoms with Crippen LogP contribution in [0.4, 0.5) is 17.5 Å². The van der Waals surface area contributed by atoms with E-state index < -0.39 is 0 Å². The third-order valence-electron chi connectivity index (χ3n) is 4.34. The average molecular weight is 402 g/mol. The maximum atomic E-state index is 13.1. The number of halogens is 1. The van der Waals surface area contributed by atoms with Crippen molar-refractivity contribution in [3.8, 4) is 0 Å². The van der Waals surface area contributed by atoms with Crippen molar-refractivity contribution < 1.29 is 4.79 Å². The van der Waals surface area contributed by atoms with Crippen LogP contribution in [0.1, 0.15) is 50.9 Å². The number of hydrogen-bond donors (Lipinski definition) is 0. The summed E-state index contributed by atoms with van der Waals surface area (Å²) in [7, 11) is 0. The van der Waals surface area contributed by atoms with Crippen molar-refractivity contribution in [1.29, 1.82) is 0 Å². The molecule has 6 nitrogen and oxygen atoms in total. The molecule has 0 aliphatic heterocycles. The number of unbranched alkanes of at least 4 members (excludes halogenated alkanes) is 1. The highest BCUT2D eigenvalue weighted by Gasteiger charge is 2.21. The molecule has 0 aliphatic rings. The largest absolute Gasteiger partial charge is 0.341 e. The highest BCUT2D eigenvalue weighted by atomic mass is 35.5. The molecule has 1 heterocycles. The Hall–Kier alpha value is -2.47. The molecule has 1 amide bonds. The van der Waals surface area contributed by atoms with Crippen LogP contribution in [0.2, 0.25) is 5.02 Å². The predicted octanol–water partition coefficient (Wildman–Crippen LogP) is 5.15. The fraction of sp³-hybridized carbons (Fsp3) is 0.429. The topological polar surface area (TPSA) is 61.7 Å². The summed E-state index contributed by atoms with van der Waals surface area (Å²) in [6, 6.07) is 6.93. The summed E-state index contributed by atoms with van der Waals surface area (Å²) >= 11 is 6.06. The molecule has 0 aliphatic carbocycles. The van der Waals surface area contributed by atoms with E-state index in [0.29, 0.717) is 34.6 Å². The molecule has 1 aromatic carbocycles. The van der Waals surface area contributed by atoms with Gasteiger partial charge in [-0.15, -0.1) is 0 Å². The number of rotatable bonds is 9. The minimum Gasteiger partial charge on any atom is -0.341 e. The molecule has 0 saturated carbocycles. The third kappa shape index (κ3) is 5.29. The second kappa shape index (κ2) is 10.8. The van der Waals surface area contributed by atoms with Gasteiger partial charge in [-0.25, -0.2) is 9.98 Å². The normalized spacial score (nSPS) is 11.0. The van der Waals surface area contributed by atoms with Crippen LogP contribution < -0.4 is 9.80 Å². The summed E-state index contributed by atoms with van der Waals surface area (Å²) in [6.45, 7) is 10.2. The van der Waals surface area contributed by atoms with E-state index in [2.05, 4.69) is 40.6 Å². The van der Waals surface area contributed by atoms with E-state index in [-0.39, 0.29) is 5.91 Å². The fourth-order valence-corrected chi connectivity index (χ4v) is 2.97. The first kappa shape index (κ1) is 21.8. The predicted molar refractivity (Wildman–Crippen MR) is 117 cm³/mol. The number of aliphatic imine (C=N–C) groups is 1. The van der Waals surface area contributed by atoms with Gasteiger partial charge in [0.15, 0.2) is 5.82 Å². The molecule has 0 fully saturated rings. The van der Waals surface area contributed by atoms with Crippen LogP contribution >= 0.6 is 11.6 Å². The fourth-order valence-electron chi connectivity index (χ4n) is 2.78. The van der Waals surface area contributed by atoms with E-state index in [4.69, 9.17) is 11.6 Å². The highest BCUT2D eigenvalue weighted by molar-refractivity contribution is 6.31. The Labute approximate surface area is 172 Å². The standard InChI is InChI=1S/C21H28ClN5O/c1-5-9-13-23-19-18(15-24-21(25-19)26(6-2)7-3)27(8-4)20(28)16-11-10-12-17(22)14-16/h10-15H,5-9H2,1-4H3. The van der Waals surface area contributed by atoms with Crippen LogP contribution in [0.15, 0.2) is 35.5 Å². The van der Waals surface area contributed by atoms with Gasteiger partial charge in [-0.3, -0.25) is 4.79 Å². The van der Waals surface area contributed by atoms with E-state index in [0.717, 1.165) is 25.9 Å². The van der Waals surface area contributed by atoms with Gasteiger partial charge in [0.25, 0.3) is 5.91 Å². The second-order valence-electron chi connectivity index (χ2n) is 6.21. The number of amides is 1. The van der Waals surface area contributed by atoms with Crippen LogP contribution in [-0.2, 0) is 0 Å². The molecule has 7 heteroatoms. The minimum absolute atomic E-state index is 0.156. The first-order valence-electron chi connectivity index (χ1n) is 9.77. The van der Waals surface area contributed by atoms with Gasteiger partial charge in [0.1, 0.15) is 5.69 Å². The van der Waals surface area contributed by atoms with Crippen molar-refractivity contribution in [3.63, 3.8) is 0 Å². The number of aromatic nitrogens is 2. The Bertz CT molecular complexity index is 820. The molecule has 0 saturated heterocycles. The molecule has 2 aromatic rings. The Morgan fingerprint density at radius 2 is 1.93 bits per heavy atom. The third-order valence-corrected chi connectivity index (χ3v) is 4.57. The van der Waals surface area contributed by atoms with Crippen molar-refractivity contribution in [2.24, 2.45) is 4.99 Å². The summed E-state index contributed by atoms with van der Waals surface area (Å²) in [6.07, 6.45) is 5.37. The first-order valence-corrected chi connectivity index (χ1v) is 10.1. The molecule has 2 rings (SSSR count). The molecule has 0 radical (unpaired) electrons. The lowest BCUT2D eigenvalue weighted by Gasteiger charge is -2.24. The summed E-state index contributed by atoms with van der Waals surface area (Å²) in [5.41, 5.74) is 1.11. The van der Waals surface area contributed by atoms with Gasteiger partial charge in [-0.2, -0.15) is 4.98 Å². The van der Waals surface area contributed by atoms with Gasteiger partial charge in [0.05, 0.1) is 6.20 Å². The lowest BCUT2D eigenvalue weighted by Crippen LogP contribution is -2.31. The van der Waals surface area contributed by atoms with E-state index in [1.165, 1.54) is 0 Å². The summed E-state index contributed by atoms with van der Waals surface area (Å²) in [5.74, 6) is 0.961. The van der Waals surface area contributed by atoms with Crippen LogP contribution in [-0.4, -0.2) is 41.7 Å². The molecular formula is C21H28ClN5O. The van der Waals surface area contributed by atoms with Crippen LogP contribution in [0.5, 0.6) is 0 Å².